The van der Waals surface area contributed by atoms with E-state index in [9.17, 15) is 23.1 Å². The topological polar surface area (TPSA) is 64.4 Å². The SMILES string of the molecule is CC1(C)CCC(C)(C)c2cc(-n3c(C(F)(F)F)nc4cc(C(=O)O)ccc43)c(OC3CCCC4CCCCC43)cc21. The Labute approximate surface area is 239 Å². The van der Waals surface area contributed by atoms with Gasteiger partial charge in [-0.1, -0.05) is 47.0 Å². The molecule has 220 valence electrons. The van der Waals surface area contributed by atoms with Gasteiger partial charge in [0.25, 0.3) is 0 Å². The van der Waals surface area contributed by atoms with Crippen molar-refractivity contribution in [1.29, 1.82) is 0 Å². The number of aromatic carboxylic acids is 1. The molecule has 0 amide bonds. The zero-order chi connectivity index (χ0) is 29.3. The molecule has 1 N–H and O–H groups in total. The number of nitrogens with zero attached hydrogens (tertiary/aromatic N) is 2. The van der Waals surface area contributed by atoms with E-state index in [1.54, 1.807) is 0 Å². The molecule has 1 heterocycles. The molecule has 3 unspecified atom stereocenters. The van der Waals surface area contributed by atoms with Gasteiger partial charge in [0, 0.05) is 0 Å². The Morgan fingerprint density at radius 2 is 1.61 bits per heavy atom. The number of hydrogen-bond acceptors (Lipinski definition) is 3. The van der Waals surface area contributed by atoms with Crippen LogP contribution in [0.3, 0.4) is 0 Å². The first-order valence-corrected chi connectivity index (χ1v) is 15.0. The maximum absolute atomic E-state index is 14.6. The molecule has 3 aliphatic rings. The van der Waals surface area contributed by atoms with Crippen molar-refractivity contribution in [2.24, 2.45) is 11.8 Å². The molecule has 0 spiro atoms. The van der Waals surface area contributed by atoms with Gasteiger partial charge in [-0.2, -0.15) is 13.2 Å². The Hall–Kier alpha value is -3.03. The van der Waals surface area contributed by atoms with Crippen molar-refractivity contribution in [2.45, 2.75) is 109 Å². The minimum Gasteiger partial charge on any atom is -0.488 e. The smallest absolute Gasteiger partial charge is 0.450 e. The van der Waals surface area contributed by atoms with Gasteiger partial charge in [-0.25, -0.2) is 9.78 Å². The molecule has 1 aromatic heterocycles. The van der Waals surface area contributed by atoms with E-state index < -0.39 is 18.0 Å². The molecule has 3 aromatic rings. The highest BCUT2D eigenvalue weighted by molar-refractivity contribution is 5.93. The van der Waals surface area contributed by atoms with Gasteiger partial charge < -0.3 is 9.84 Å². The van der Waals surface area contributed by atoms with Gasteiger partial charge in [0.2, 0.25) is 5.82 Å². The van der Waals surface area contributed by atoms with Crippen LogP contribution in [-0.2, 0) is 17.0 Å². The number of carbonyl (C=O) groups is 1. The summed E-state index contributed by atoms with van der Waals surface area (Å²) in [7, 11) is 0. The van der Waals surface area contributed by atoms with Crippen LogP contribution in [0.15, 0.2) is 30.3 Å². The summed E-state index contributed by atoms with van der Waals surface area (Å²) in [5.74, 6) is -0.820. The minimum absolute atomic E-state index is 0.00880. The zero-order valence-electron chi connectivity index (χ0n) is 24.3. The van der Waals surface area contributed by atoms with Crippen molar-refractivity contribution in [3.63, 3.8) is 0 Å². The molecule has 8 heteroatoms. The summed E-state index contributed by atoms with van der Waals surface area (Å²) in [5.41, 5.74) is 2.17. The molecule has 3 aliphatic carbocycles. The van der Waals surface area contributed by atoms with Crippen molar-refractivity contribution >= 4 is 17.0 Å². The van der Waals surface area contributed by atoms with Crippen molar-refractivity contribution in [3.8, 4) is 11.4 Å². The highest BCUT2D eigenvalue weighted by Gasteiger charge is 2.43. The van der Waals surface area contributed by atoms with E-state index in [2.05, 4.69) is 32.7 Å². The summed E-state index contributed by atoms with van der Waals surface area (Å²) in [4.78, 5) is 15.6. The number of carboxylic acid groups (broad SMARTS) is 1. The second kappa shape index (κ2) is 9.77. The van der Waals surface area contributed by atoms with Crippen LogP contribution in [0, 0.1) is 11.8 Å². The lowest BCUT2D eigenvalue weighted by molar-refractivity contribution is -0.145. The van der Waals surface area contributed by atoms with Gasteiger partial charge in [-0.3, -0.25) is 4.57 Å². The Bertz CT molecular complexity index is 1500. The fourth-order valence-electron chi connectivity index (χ4n) is 7.69. The summed E-state index contributed by atoms with van der Waals surface area (Å²) in [6.07, 6.45) is 4.90. The first-order valence-electron chi connectivity index (χ1n) is 15.0. The quantitative estimate of drug-likeness (QED) is 0.342. The van der Waals surface area contributed by atoms with Gasteiger partial charge in [0.1, 0.15) is 11.9 Å². The third kappa shape index (κ3) is 4.91. The van der Waals surface area contributed by atoms with Crippen LogP contribution >= 0.6 is 0 Å². The molecule has 5 nitrogen and oxygen atoms in total. The monoisotopic (exact) mass is 568 g/mol. The number of rotatable bonds is 4. The lowest BCUT2D eigenvalue weighted by Crippen LogP contribution is -2.39. The Morgan fingerprint density at radius 1 is 0.951 bits per heavy atom. The van der Waals surface area contributed by atoms with E-state index in [0.717, 1.165) is 54.2 Å². The minimum atomic E-state index is -4.76. The van der Waals surface area contributed by atoms with Crippen molar-refractivity contribution < 1.29 is 27.8 Å². The van der Waals surface area contributed by atoms with E-state index in [-0.39, 0.29) is 33.5 Å². The van der Waals surface area contributed by atoms with Crippen LogP contribution < -0.4 is 4.74 Å². The third-order valence-corrected chi connectivity index (χ3v) is 10.1. The van der Waals surface area contributed by atoms with Gasteiger partial charge in [-0.15, -0.1) is 0 Å². The Morgan fingerprint density at radius 3 is 2.29 bits per heavy atom. The molecule has 2 saturated carbocycles. The Kier molecular flexibility index (Phi) is 6.70. The molecule has 0 bridgehead atoms. The highest BCUT2D eigenvalue weighted by Crippen LogP contribution is 2.50. The summed E-state index contributed by atoms with van der Waals surface area (Å²) >= 11 is 0. The number of hydrogen-bond donors (Lipinski definition) is 1. The van der Waals surface area contributed by atoms with Crippen LogP contribution in [0.5, 0.6) is 5.75 Å². The number of fused-ring (bicyclic) bond motifs is 3. The number of alkyl halides is 3. The lowest BCUT2D eigenvalue weighted by atomic mass is 9.63. The number of aromatic nitrogens is 2. The first-order chi connectivity index (χ1) is 19.3. The molecule has 0 radical (unpaired) electrons. The number of imidazole rings is 1. The zero-order valence-corrected chi connectivity index (χ0v) is 24.3. The van der Waals surface area contributed by atoms with Crippen LogP contribution in [0.1, 0.15) is 113 Å². The number of carboxylic acids is 1. The maximum Gasteiger partial charge on any atom is 0.450 e. The maximum atomic E-state index is 14.6. The van der Waals surface area contributed by atoms with E-state index in [0.29, 0.717) is 23.3 Å². The Balaban J connectivity index is 1.60. The summed E-state index contributed by atoms with van der Waals surface area (Å²) < 4.78 is 51.9. The predicted molar refractivity (Wildman–Crippen MR) is 152 cm³/mol. The molecular weight excluding hydrogens is 529 g/mol. The van der Waals surface area contributed by atoms with E-state index in [4.69, 9.17) is 4.74 Å². The highest BCUT2D eigenvalue weighted by atomic mass is 19.4. The fourth-order valence-corrected chi connectivity index (χ4v) is 7.69. The molecule has 3 atom stereocenters. The van der Waals surface area contributed by atoms with E-state index in [1.807, 2.05) is 12.1 Å². The van der Waals surface area contributed by atoms with Crippen molar-refractivity contribution in [3.05, 3.63) is 52.8 Å². The van der Waals surface area contributed by atoms with Gasteiger partial charge >= 0.3 is 12.1 Å². The van der Waals surface area contributed by atoms with Gasteiger partial charge in [0.05, 0.1) is 22.3 Å². The van der Waals surface area contributed by atoms with Crippen LogP contribution in [0.4, 0.5) is 13.2 Å². The molecule has 6 rings (SSSR count). The molecular formula is C33H39F3N2O3. The molecule has 0 saturated heterocycles. The fraction of sp³-hybridized carbons (Fsp3) is 0.576. The molecule has 2 aromatic carbocycles. The largest absolute Gasteiger partial charge is 0.488 e. The molecule has 41 heavy (non-hydrogen) atoms. The van der Waals surface area contributed by atoms with Crippen molar-refractivity contribution in [2.75, 3.05) is 0 Å². The summed E-state index contributed by atoms with van der Waals surface area (Å²) in [6, 6.07) is 7.88. The molecule has 0 aliphatic heterocycles. The average Bonchev–Trinajstić information content (AvgIpc) is 3.31. The number of halogens is 3. The predicted octanol–water partition coefficient (Wildman–Crippen LogP) is 8.83. The third-order valence-electron chi connectivity index (χ3n) is 10.1. The second-order valence-corrected chi connectivity index (χ2v) is 13.7. The van der Waals surface area contributed by atoms with Crippen LogP contribution in [0.2, 0.25) is 0 Å². The average molecular weight is 569 g/mol. The van der Waals surface area contributed by atoms with E-state index >= 15 is 0 Å². The van der Waals surface area contributed by atoms with Crippen LogP contribution in [-0.4, -0.2) is 26.7 Å². The van der Waals surface area contributed by atoms with E-state index in [1.165, 1.54) is 37.5 Å². The lowest BCUT2D eigenvalue weighted by Gasteiger charge is -2.44. The molecule has 2 fully saturated rings. The van der Waals surface area contributed by atoms with Gasteiger partial charge in [-0.05, 0) is 103 Å². The number of ether oxygens (including phenoxy) is 1. The van der Waals surface area contributed by atoms with Crippen LogP contribution in [0.25, 0.3) is 16.7 Å². The van der Waals surface area contributed by atoms with Crippen molar-refractivity contribution in [1.82, 2.24) is 9.55 Å². The normalized spacial score (nSPS) is 25.4. The summed E-state index contributed by atoms with van der Waals surface area (Å²) in [5, 5.41) is 9.48. The first kappa shape index (κ1) is 28.1. The number of benzene rings is 2. The second-order valence-electron chi connectivity index (χ2n) is 13.7. The summed E-state index contributed by atoms with van der Waals surface area (Å²) in [6.45, 7) is 8.69. The van der Waals surface area contributed by atoms with Gasteiger partial charge in [0.15, 0.2) is 0 Å². The standard InChI is InChI=1S/C33H39F3N2O3/c1-31(2)14-15-32(3,4)23-18-28(41-27-11-7-9-19-8-5-6-10-21(19)27)26(17-22(23)31)38-25-13-12-20(29(39)40)16-24(25)37-30(38)33(34,35)36/h12-13,16-19,21,27H,5-11,14-15H2,1-4H3,(H,39,40).